The number of hydrogen-bond acceptors (Lipinski definition) is 1. The van der Waals surface area contributed by atoms with Crippen LogP contribution in [-0.4, -0.2) is 6.61 Å². The van der Waals surface area contributed by atoms with Crippen LogP contribution in [0, 0.1) is 0 Å². The summed E-state index contributed by atoms with van der Waals surface area (Å²) in [6, 6.07) is 18.4. The van der Waals surface area contributed by atoms with Crippen molar-refractivity contribution in [2.24, 2.45) is 0 Å². The Balaban J connectivity index is 1.49. The van der Waals surface area contributed by atoms with Gasteiger partial charge in [0.05, 0.1) is 6.61 Å². The number of benzene rings is 2. The fourth-order valence-electron chi connectivity index (χ4n) is 4.18. The van der Waals surface area contributed by atoms with Crippen molar-refractivity contribution in [2.75, 3.05) is 6.61 Å². The molecule has 27 heavy (non-hydrogen) atoms. The van der Waals surface area contributed by atoms with Gasteiger partial charge in [0.2, 0.25) is 0 Å². The van der Waals surface area contributed by atoms with E-state index < -0.39 is 0 Å². The molecule has 2 aromatic rings. The molecule has 0 radical (unpaired) electrons. The lowest BCUT2D eigenvalue weighted by molar-refractivity contribution is 0.118. The van der Waals surface area contributed by atoms with Crippen LogP contribution >= 0.6 is 0 Å². The van der Waals surface area contributed by atoms with Gasteiger partial charge in [-0.1, -0.05) is 68.0 Å². The maximum absolute atomic E-state index is 5.73. The predicted octanol–water partition coefficient (Wildman–Crippen LogP) is 7.17. The summed E-state index contributed by atoms with van der Waals surface area (Å²) in [4.78, 5) is 0. The molecule has 1 fully saturated rings. The highest BCUT2D eigenvalue weighted by atomic mass is 16.5. The molecule has 1 heteroatoms. The topological polar surface area (TPSA) is 9.23 Å². The molecule has 0 amide bonds. The quantitative estimate of drug-likeness (QED) is 0.339. The summed E-state index contributed by atoms with van der Waals surface area (Å²) in [7, 11) is 0. The Labute approximate surface area is 165 Å². The molecule has 0 aliphatic heterocycles. The van der Waals surface area contributed by atoms with Crippen LogP contribution in [0.3, 0.4) is 0 Å². The molecular weight excluding hydrogens is 328 g/mol. The fourth-order valence-corrected chi connectivity index (χ4v) is 4.18. The smallest absolute Gasteiger partial charge is 0.0716 e. The second-order valence-corrected chi connectivity index (χ2v) is 7.93. The van der Waals surface area contributed by atoms with Gasteiger partial charge in [-0.25, -0.2) is 0 Å². The second-order valence-electron chi connectivity index (χ2n) is 7.93. The summed E-state index contributed by atoms with van der Waals surface area (Å²) in [6.45, 7) is 7.64. The Kier molecular flexibility index (Phi) is 7.71. The summed E-state index contributed by atoms with van der Waals surface area (Å²) < 4.78 is 5.73. The summed E-state index contributed by atoms with van der Waals surface area (Å²) in [5.41, 5.74) is 5.68. The summed E-state index contributed by atoms with van der Waals surface area (Å²) in [6.07, 6.45) is 10.5. The van der Waals surface area contributed by atoms with Crippen molar-refractivity contribution in [2.45, 2.75) is 70.3 Å². The molecule has 1 saturated carbocycles. The van der Waals surface area contributed by atoms with Gasteiger partial charge in [0, 0.05) is 6.61 Å². The lowest BCUT2D eigenvalue weighted by Gasteiger charge is -2.29. The maximum atomic E-state index is 5.73. The Hall–Kier alpha value is -1.86. The van der Waals surface area contributed by atoms with Gasteiger partial charge in [-0.15, -0.1) is 6.58 Å². The molecule has 0 N–H and O–H groups in total. The fraction of sp³-hybridized carbons (Fsp3) is 0.462. The van der Waals surface area contributed by atoms with Crippen molar-refractivity contribution in [3.05, 3.63) is 83.4 Å². The highest BCUT2D eigenvalue weighted by molar-refractivity contribution is 5.29. The molecule has 1 aliphatic rings. The van der Waals surface area contributed by atoms with Gasteiger partial charge in [-0.2, -0.15) is 0 Å². The highest BCUT2D eigenvalue weighted by Crippen LogP contribution is 2.40. The van der Waals surface area contributed by atoms with Crippen molar-refractivity contribution >= 4 is 0 Å². The van der Waals surface area contributed by atoms with Gasteiger partial charge >= 0.3 is 0 Å². The molecule has 2 aromatic carbocycles. The van der Waals surface area contributed by atoms with E-state index in [-0.39, 0.29) is 0 Å². The predicted molar refractivity (Wildman–Crippen MR) is 115 cm³/mol. The van der Waals surface area contributed by atoms with E-state index in [4.69, 9.17) is 4.74 Å². The Morgan fingerprint density at radius 2 is 1.37 bits per heavy atom. The van der Waals surface area contributed by atoms with E-state index in [2.05, 4.69) is 62.0 Å². The van der Waals surface area contributed by atoms with Crippen LogP contribution in [0.25, 0.3) is 0 Å². The van der Waals surface area contributed by atoms with Crippen molar-refractivity contribution in [3.63, 3.8) is 0 Å². The molecule has 1 nitrogen and oxygen atoms in total. The average Bonchev–Trinajstić information content (AvgIpc) is 2.73. The standard InChI is InChI=1S/C26H34O/c1-3-5-19-27-20-22-9-13-24(14-10-22)26-17-15-25(16-18-26)23-11-7-21(6-4-2)8-12-23/h4,7-14,25-26H,2-3,5-6,15-20H2,1H3. The second kappa shape index (κ2) is 10.5. The van der Waals surface area contributed by atoms with Gasteiger partial charge in [0.1, 0.15) is 0 Å². The van der Waals surface area contributed by atoms with Crippen LogP contribution < -0.4 is 0 Å². The monoisotopic (exact) mass is 362 g/mol. The number of ether oxygens (including phenoxy) is 1. The number of hydrogen-bond donors (Lipinski definition) is 0. The summed E-state index contributed by atoms with van der Waals surface area (Å²) in [5, 5.41) is 0. The van der Waals surface area contributed by atoms with Crippen LogP contribution in [0.4, 0.5) is 0 Å². The largest absolute Gasteiger partial charge is 0.377 e. The molecule has 0 spiro atoms. The first-order valence-corrected chi connectivity index (χ1v) is 10.7. The Bertz CT molecular complexity index is 675. The minimum Gasteiger partial charge on any atom is -0.377 e. The van der Waals surface area contributed by atoms with Crippen LogP contribution in [0.1, 0.15) is 79.5 Å². The highest BCUT2D eigenvalue weighted by Gasteiger charge is 2.23. The lowest BCUT2D eigenvalue weighted by Crippen LogP contribution is -2.12. The van der Waals surface area contributed by atoms with E-state index in [0.29, 0.717) is 0 Å². The normalized spacial score (nSPS) is 19.7. The average molecular weight is 363 g/mol. The third-order valence-corrected chi connectivity index (χ3v) is 5.92. The summed E-state index contributed by atoms with van der Waals surface area (Å²) >= 11 is 0. The van der Waals surface area contributed by atoms with E-state index in [1.165, 1.54) is 54.4 Å². The van der Waals surface area contributed by atoms with Gasteiger partial charge in [-0.3, -0.25) is 0 Å². The molecule has 1 aliphatic carbocycles. The van der Waals surface area contributed by atoms with Crippen molar-refractivity contribution < 1.29 is 4.74 Å². The zero-order chi connectivity index (χ0) is 18.9. The van der Waals surface area contributed by atoms with Crippen molar-refractivity contribution in [3.8, 4) is 0 Å². The number of rotatable bonds is 9. The first-order valence-electron chi connectivity index (χ1n) is 10.7. The molecule has 0 bridgehead atoms. The van der Waals surface area contributed by atoms with Gasteiger partial charge in [0.15, 0.2) is 0 Å². The lowest BCUT2D eigenvalue weighted by atomic mass is 9.76. The van der Waals surface area contributed by atoms with Crippen LogP contribution in [0.15, 0.2) is 61.2 Å². The maximum Gasteiger partial charge on any atom is 0.0716 e. The van der Waals surface area contributed by atoms with Crippen LogP contribution in [0.5, 0.6) is 0 Å². The van der Waals surface area contributed by atoms with E-state index in [9.17, 15) is 0 Å². The summed E-state index contributed by atoms with van der Waals surface area (Å²) in [5.74, 6) is 1.45. The molecule has 0 aromatic heterocycles. The van der Waals surface area contributed by atoms with E-state index in [1.54, 1.807) is 0 Å². The molecular formula is C26H34O. The third kappa shape index (κ3) is 5.81. The van der Waals surface area contributed by atoms with E-state index in [1.807, 2.05) is 6.08 Å². The van der Waals surface area contributed by atoms with E-state index in [0.717, 1.165) is 37.9 Å². The first-order chi connectivity index (χ1) is 13.3. The van der Waals surface area contributed by atoms with Crippen LogP contribution in [-0.2, 0) is 17.8 Å². The van der Waals surface area contributed by atoms with Gasteiger partial charge < -0.3 is 4.74 Å². The third-order valence-electron chi connectivity index (χ3n) is 5.92. The Morgan fingerprint density at radius 1 is 0.852 bits per heavy atom. The zero-order valence-electron chi connectivity index (χ0n) is 16.8. The molecule has 3 rings (SSSR count). The van der Waals surface area contributed by atoms with E-state index >= 15 is 0 Å². The Morgan fingerprint density at radius 3 is 1.85 bits per heavy atom. The minimum atomic E-state index is 0.719. The minimum absolute atomic E-state index is 0.719. The molecule has 0 atom stereocenters. The zero-order valence-corrected chi connectivity index (χ0v) is 16.8. The van der Waals surface area contributed by atoms with Gasteiger partial charge in [0.25, 0.3) is 0 Å². The molecule has 144 valence electrons. The number of allylic oxidation sites excluding steroid dienone is 1. The SMILES string of the molecule is C=CCc1ccc(C2CCC(c3ccc(COCCCC)cc3)CC2)cc1. The van der Waals surface area contributed by atoms with Crippen LogP contribution in [0.2, 0.25) is 0 Å². The van der Waals surface area contributed by atoms with Gasteiger partial charge in [-0.05, 0) is 72.6 Å². The molecule has 0 saturated heterocycles. The van der Waals surface area contributed by atoms with Crippen molar-refractivity contribution in [1.29, 1.82) is 0 Å². The van der Waals surface area contributed by atoms with Crippen molar-refractivity contribution in [1.82, 2.24) is 0 Å². The number of unbranched alkanes of at least 4 members (excludes halogenated alkanes) is 1. The molecule has 0 heterocycles. The molecule has 0 unspecified atom stereocenters. The first kappa shape index (κ1) is 19.9.